The van der Waals surface area contributed by atoms with Crippen LogP contribution in [0.1, 0.15) is 19.7 Å². The molecule has 0 bridgehead atoms. The van der Waals surface area contributed by atoms with Gasteiger partial charge in [0.05, 0.1) is 6.61 Å². The first-order chi connectivity index (χ1) is 10.1. The highest BCUT2D eigenvalue weighted by Crippen LogP contribution is 2.24. The van der Waals surface area contributed by atoms with Gasteiger partial charge in [-0.2, -0.15) is 0 Å². The lowest BCUT2D eigenvalue weighted by molar-refractivity contribution is 0.321. The molecule has 21 heavy (non-hydrogen) atoms. The van der Waals surface area contributed by atoms with Crippen LogP contribution in [0, 0.1) is 12.7 Å². The van der Waals surface area contributed by atoms with Gasteiger partial charge in [0.15, 0.2) is 11.6 Å². The molecule has 0 atom stereocenters. The van der Waals surface area contributed by atoms with E-state index in [9.17, 15) is 4.39 Å². The van der Waals surface area contributed by atoms with Crippen molar-refractivity contribution in [3.05, 3.63) is 35.9 Å². The van der Waals surface area contributed by atoms with Gasteiger partial charge < -0.3 is 15.4 Å². The van der Waals surface area contributed by atoms with E-state index in [1.54, 1.807) is 18.2 Å². The molecule has 2 aromatic rings. The maximum Gasteiger partial charge on any atom is 0.167 e. The molecular weight excluding hydrogens is 271 g/mol. The third-order valence-electron chi connectivity index (χ3n) is 2.70. The topological polar surface area (TPSA) is 59.1 Å². The molecule has 0 aliphatic rings. The summed E-state index contributed by atoms with van der Waals surface area (Å²) in [4.78, 5) is 8.55. The molecule has 0 radical (unpaired) electrons. The molecule has 112 valence electrons. The molecule has 0 fully saturated rings. The summed E-state index contributed by atoms with van der Waals surface area (Å²) in [6, 6.07) is 6.51. The minimum Gasteiger partial charge on any atom is -0.491 e. The van der Waals surface area contributed by atoms with Gasteiger partial charge in [0, 0.05) is 24.4 Å². The smallest absolute Gasteiger partial charge is 0.167 e. The number of benzene rings is 1. The number of hydrogen-bond acceptors (Lipinski definition) is 5. The van der Waals surface area contributed by atoms with Crippen molar-refractivity contribution in [1.29, 1.82) is 0 Å². The lowest BCUT2D eigenvalue weighted by Gasteiger charge is -2.10. The van der Waals surface area contributed by atoms with Crippen molar-refractivity contribution in [2.24, 2.45) is 0 Å². The molecule has 2 rings (SSSR count). The predicted molar refractivity (Wildman–Crippen MR) is 81.8 cm³/mol. The van der Waals surface area contributed by atoms with Crippen molar-refractivity contribution in [2.45, 2.75) is 20.8 Å². The van der Waals surface area contributed by atoms with E-state index in [1.807, 2.05) is 20.8 Å². The number of ether oxygens (including phenoxy) is 1. The molecule has 0 spiro atoms. The highest BCUT2D eigenvalue weighted by molar-refractivity contribution is 5.60. The second-order valence-electron chi connectivity index (χ2n) is 4.42. The van der Waals surface area contributed by atoms with Gasteiger partial charge in [0.25, 0.3) is 0 Å². The molecule has 2 N–H and O–H groups in total. The molecule has 0 amide bonds. The summed E-state index contributed by atoms with van der Waals surface area (Å²) in [7, 11) is 0. The maximum atomic E-state index is 13.8. The quantitative estimate of drug-likeness (QED) is 0.852. The first-order valence-electron chi connectivity index (χ1n) is 6.91. The molecule has 0 saturated carbocycles. The molecular formula is C15H19FN4O. The van der Waals surface area contributed by atoms with Crippen LogP contribution >= 0.6 is 0 Å². The van der Waals surface area contributed by atoms with Crippen LogP contribution in [0.2, 0.25) is 0 Å². The van der Waals surface area contributed by atoms with E-state index in [0.29, 0.717) is 23.9 Å². The Bertz CT molecular complexity index is 619. The Balaban J connectivity index is 2.19. The van der Waals surface area contributed by atoms with E-state index >= 15 is 0 Å². The molecule has 6 heteroatoms. The van der Waals surface area contributed by atoms with Gasteiger partial charge in [-0.05, 0) is 32.9 Å². The number of aromatic nitrogens is 2. The third kappa shape index (κ3) is 4.05. The van der Waals surface area contributed by atoms with E-state index < -0.39 is 5.82 Å². The zero-order valence-corrected chi connectivity index (χ0v) is 12.4. The fraction of sp³-hybridized carbons (Fsp3) is 0.333. The Morgan fingerprint density at radius 2 is 1.90 bits per heavy atom. The van der Waals surface area contributed by atoms with Crippen LogP contribution in [0.3, 0.4) is 0 Å². The van der Waals surface area contributed by atoms with Crippen LogP contribution in [0.5, 0.6) is 5.75 Å². The number of rotatable bonds is 6. The summed E-state index contributed by atoms with van der Waals surface area (Å²) < 4.78 is 19.0. The van der Waals surface area contributed by atoms with Gasteiger partial charge in [-0.3, -0.25) is 0 Å². The number of hydrogen-bond donors (Lipinski definition) is 2. The molecule has 0 saturated heterocycles. The van der Waals surface area contributed by atoms with Gasteiger partial charge >= 0.3 is 0 Å². The number of anilines is 3. The highest BCUT2D eigenvalue weighted by Gasteiger charge is 2.06. The Hall–Kier alpha value is -2.37. The molecule has 1 aromatic carbocycles. The first kappa shape index (κ1) is 15.0. The summed E-state index contributed by atoms with van der Waals surface area (Å²) in [5.74, 6) is 1.83. The van der Waals surface area contributed by atoms with Crippen LogP contribution in [0.15, 0.2) is 24.3 Å². The lowest BCUT2D eigenvalue weighted by atomic mass is 10.3. The molecule has 0 unspecified atom stereocenters. The number of aryl methyl sites for hydroxylation is 1. The zero-order chi connectivity index (χ0) is 15.2. The van der Waals surface area contributed by atoms with Crippen LogP contribution < -0.4 is 15.4 Å². The summed E-state index contributed by atoms with van der Waals surface area (Å²) in [5, 5.41) is 6.19. The van der Waals surface area contributed by atoms with Gasteiger partial charge in [0.2, 0.25) is 0 Å². The van der Waals surface area contributed by atoms with Crippen LogP contribution in [-0.2, 0) is 0 Å². The van der Waals surface area contributed by atoms with Crippen molar-refractivity contribution in [3.63, 3.8) is 0 Å². The van der Waals surface area contributed by atoms with Crippen molar-refractivity contribution in [3.8, 4) is 5.75 Å². The van der Waals surface area contributed by atoms with Crippen LogP contribution in [-0.4, -0.2) is 23.1 Å². The standard InChI is InChI=1S/C15H19FN4O/c1-4-17-14-9-15(19-10(3)18-14)20-11-6-7-13(21-5-2)12(16)8-11/h6-9H,4-5H2,1-3H3,(H2,17,18,19,20). The Morgan fingerprint density at radius 1 is 1.14 bits per heavy atom. The van der Waals surface area contributed by atoms with Gasteiger partial charge in [-0.25, -0.2) is 14.4 Å². The Labute approximate surface area is 123 Å². The van der Waals surface area contributed by atoms with E-state index in [2.05, 4.69) is 20.6 Å². The Kier molecular flexibility index (Phi) is 4.92. The fourth-order valence-electron chi connectivity index (χ4n) is 1.90. The highest BCUT2D eigenvalue weighted by atomic mass is 19.1. The van der Waals surface area contributed by atoms with Crippen molar-refractivity contribution >= 4 is 17.3 Å². The maximum absolute atomic E-state index is 13.8. The predicted octanol–water partition coefficient (Wildman–Crippen LogP) is 3.50. The number of nitrogens with zero attached hydrogens (tertiary/aromatic N) is 2. The molecule has 0 aliphatic heterocycles. The largest absolute Gasteiger partial charge is 0.491 e. The monoisotopic (exact) mass is 290 g/mol. The number of nitrogens with one attached hydrogen (secondary N) is 2. The molecule has 1 heterocycles. The van der Waals surface area contributed by atoms with Crippen LogP contribution in [0.25, 0.3) is 0 Å². The average molecular weight is 290 g/mol. The fourth-order valence-corrected chi connectivity index (χ4v) is 1.90. The minimum absolute atomic E-state index is 0.246. The van der Waals surface area contributed by atoms with E-state index in [-0.39, 0.29) is 5.75 Å². The van der Waals surface area contributed by atoms with Crippen molar-refractivity contribution < 1.29 is 9.13 Å². The summed E-state index contributed by atoms with van der Waals surface area (Å²) in [5.41, 5.74) is 0.608. The van der Waals surface area contributed by atoms with Crippen molar-refractivity contribution in [1.82, 2.24) is 9.97 Å². The van der Waals surface area contributed by atoms with Gasteiger partial charge in [-0.1, -0.05) is 0 Å². The van der Waals surface area contributed by atoms with E-state index in [0.717, 1.165) is 12.4 Å². The SMILES string of the molecule is CCNc1cc(Nc2ccc(OCC)c(F)c2)nc(C)n1. The van der Waals surface area contributed by atoms with Crippen molar-refractivity contribution in [2.75, 3.05) is 23.8 Å². The second kappa shape index (κ2) is 6.88. The normalized spacial score (nSPS) is 10.3. The summed E-state index contributed by atoms with van der Waals surface area (Å²) in [6.07, 6.45) is 0. The molecule has 5 nitrogen and oxygen atoms in total. The van der Waals surface area contributed by atoms with Crippen LogP contribution in [0.4, 0.5) is 21.7 Å². The summed E-state index contributed by atoms with van der Waals surface area (Å²) in [6.45, 7) is 6.82. The minimum atomic E-state index is -0.403. The van der Waals surface area contributed by atoms with E-state index in [4.69, 9.17) is 4.74 Å². The number of halogens is 1. The third-order valence-corrected chi connectivity index (χ3v) is 2.70. The lowest BCUT2D eigenvalue weighted by Crippen LogP contribution is -2.04. The zero-order valence-electron chi connectivity index (χ0n) is 12.4. The van der Waals surface area contributed by atoms with E-state index in [1.165, 1.54) is 6.07 Å². The average Bonchev–Trinajstić information content (AvgIpc) is 2.42. The summed E-state index contributed by atoms with van der Waals surface area (Å²) >= 11 is 0. The Morgan fingerprint density at radius 3 is 2.57 bits per heavy atom. The first-order valence-corrected chi connectivity index (χ1v) is 6.91. The molecule has 1 aromatic heterocycles. The second-order valence-corrected chi connectivity index (χ2v) is 4.42. The molecule has 0 aliphatic carbocycles. The van der Waals surface area contributed by atoms with Gasteiger partial charge in [-0.15, -0.1) is 0 Å². The van der Waals surface area contributed by atoms with Gasteiger partial charge in [0.1, 0.15) is 17.5 Å².